The maximum absolute atomic E-state index is 11.3. The molecule has 0 bridgehead atoms. The number of aromatic amines is 1. The van der Waals surface area contributed by atoms with Crippen LogP contribution in [0.4, 0.5) is 0 Å². The van der Waals surface area contributed by atoms with Gasteiger partial charge in [0.25, 0.3) is 0 Å². The molecule has 2 unspecified atom stereocenters. The third-order valence-corrected chi connectivity index (χ3v) is 5.27. The topological polar surface area (TPSA) is 109 Å². The Morgan fingerprint density at radius 1 is 1.48 bits per heavy atom. The fourth-order valence-electron chi connectivity index (χ4n) is 1.70. The Labute approximate surface area is 130 Å². The molecule has 0 saturated carbocycles. The van der Waals surface area contributed by atoms with E-state index in [-0.39, 0.29) is 20.7 Å². The second kappa shape index (κ2) is 7.17. The average Bonchev–Trinajstić information content (AvgIpc) is 2.78. The fraction of sp³-hybridized carbons (Fsp3) is 0.615. The number of carbonyl (C=O) groups excluding carboxylic acids is 1. The molecule has 4 N–H and O–H groups in total. The summed E-state index contributed by atoms with van der Waals surface area (Å²) in [5.74, 6) is -0.859. The van der Waals surface area contributed by atoms with Crippen molar-refractivity contribution < 1.29 is 19.2 Å². The summed E-state index contributed by atoms with van der Waals surface area (Å²) in [4.78, 5) is 29.8. The molecule has 8 heteroatoms. The first-order valence-electron chi connectivity index (χ1n) is 6.58. The third-order valence-electron chi connectivity index (χ3n) is 3.16. The Morgan fingerprint density at radius 3 is 2.57 bits per heavy atom. The molecule has 0 amide bonds. The van der Waals surface area contributed by atoms with Gasteiger partial charge >= 0.3 is 130 Å². The number of aromatic nitrogens is 2. The van der Waals surface area contributed by atoms with E-state index < -0.39 is 18.1 Å². The molecule has 0 fully saturated rings. The van der Waals surface area contributed by atoms with E-state index in [0.717, 1.165) is 10.4 Å². The van der Waals surface area contributed by atoms with Crippen LogP contribution in [-0.4, -0.2) is 79.5 Å². The van der Waals surface area contributed by atoms with Gasteiger partial charge in [0.15, 0.2) is 0 Å². The van der Waals surface area contributed by atoms with Gasteiger partial charge in [0, 0.05) is 0 Å². The molecular formula is C13H23N4O3Se+. The maximum atomic E-state index is 11.3. The van der Waals surface area contributed by atoms with Crippen molar-refractivity contribution in [3.63, 3.8) is 0 Å². The number of likely N-dealkylation sites (N-methyl/N-ethyl adjacent to an activating group) is 1. The molecule has 0 saturated heterocycles. The predicted octanol–water partition coefficient (Wildman–Crippen LogP) is -1.22. The molecule has 1 aromatic rings. The van der Waals surface area contributed by atoms with Crippen LogP contribution in [-0.2, 0) is 16.0 Å². The van der Waals surface area contributed by atoms with Crippen molar-refractivity contribution in [1.29, 1.82) is 0 Å². The number of hydrogen-bond donors (Lipinski definition) is 3. The van der Waals surface area contributed by atoms with Gasteiger partial charge in [0.1, 0.15) is 0 Å². The summed E-state index contributed by atoms with van der Waals surface area (Å²) in [7, 11) is 5.56. The van der Waals surface area contributed by atoms with Crippen molar-refractivity contribution in [2.24, 2.45) is 5.73 Å². The van der Waals surface area contributed by atoms with Gasteiger partial charge in [-0.3, -0.25) is 0 Å². The van der Waals surface area contributed by atoms with Gasteiger partial charge in [-0.1, -0.05) is 0 Å². The molecule has 1 heterocycles. The molecule has 1 aromatic heterocycles. The van der Waals surface area contributed by atoms with Gasteiger partial charge < -0.3 is 0 Å². The summed E-state index contributed by atoms with van der Waals surface area (Å²) in [6, 6.07) is -0.984. The van der Waals surface area contributed by atoms with Crippen LogP contribution in [0.25, 0.3) is 0 Å². The third kappa shape index (κ3) is 5.59. The van der Waals surface area contributed by atoms with E-state index in [0.29, 0.717) is 16.2 Å². The van der Waals surface area contributed by atoms with Gasteiger partial charge in [-0.15, -0.1) is 0 Å². The summed E-state index contributed by atoms with van der Waals surface area (Å²) >= 11 is -0.0152. The molecule has 1 rings (SSSR count). The molecule has 0 aliphatic carbocycles. The van der Waals surface area contributed by atoms with E-state index >= 15 is 0 Å². The van der Waals surface area contributed by atoms with Crippen LogP contribution in [0.1, 0.15) is 12.6 Å². The molecule has 0 radical (unpaired) electrons. The number of quaternary nitrogens is 1. The van der Waals surface area contributed by atoms with Crippen molar-refractivity contribution >= 4 is 31.4 Å². The fourth-order valence-corrected chi connectivity index (χ4v) is 3.60. The molecule has 0 aliphatic heterocycles. The summed E-state index contributed by atoms with van der Waals surface area (Å²) in [5, 5.41) is 9.90. The number of nitrogens with one attached hydrogen (secondary N) is 1. The molecule has 21 heavy (non-hydrogen) atoms. The summed E-state index contributed by atoms with van der Waals surface area (Å²) in [6.07, 6.45) is 2.06. The van der Waals surface area contributed by atoms with Gasteiger partial charge in [-0.25, -0.2) is 0 Å². The average molecular weight is 362 g/mol. The summed E-state index contributed by atoms with van der Waals surface area (Å²) < 4.78 is 1.13. The molecule has 0 spiro atoms. The van der Waals surface area contributed by atoms with Crippen molar-refractivity contribution in [3.8, 4) is 0 Å². The van der Waals surface area contributed by atoms with Crippen LogP contribution < -0.4 is 10.5 Å². The van der Waals surface area contributed by atoms with Gasteiger partial charge in [-0.2, -0.15) is 0 Å². The first-order chi connectivity index (χ1) is 9.61. The molecule has 118 valence electrons. The zero-order chi connectivity index (χ0) is 16.2. The van der Waals surface area contributed by atoms with Crippen molar-refractivity contribution in [1.82, 2.24) is 9.97 Å². The van der Waals surface area contributed by atoms with Crippen LogP contribution in [0.15, 0.2) is 6.20 Å². The second-order valence-electron chi connectivity index (χ2n) is 5.92. The number of imidazole rings is 1. The van der Waals surface area contributed by atoms with Crippen LogP contribution in [0.3, 0.4) is 0 Å². The predicted molar refractivity (Wildman–Crippen MR) is 80.6 cm³/mol. The van der Waals surface area contributed by atoms with E-state index in [1.54, 1.807) is 6.20 Å². The van der Waals surface area contributed by atoms with Crippen LogP contribution in [0.5, 0.6) is 0 Å². The number of H-pyrrole nitrogens is 1. The number of carboxylic acid groups (broad SMARTS) is 1. The van der Waals surface area contributed by atoms with E-state index in [9.17, 15) is 14.7 Å². The zero-order valence-electron chi connectivity index (χ0n) is 12.8. The number of hydrogen-bond acceptors (Lipinski definition) is 4. The number of ketones is 1. The Morgan fingerprint density at radius 2 is 2.10 bits per heavy atom. The van der Waals surface area contributed by atoms with Crippen LogP contribution >= 0.6 is 0 Å². The molecule has 0 aliphatic rings. The Hall–Kier alpha value is -1.21. The first kappa shape index (κ1) is 17.8. The Balaban J connectivity index is 2.66. The molecule has 2 atom stereocenters. The molecule has 0 aromatic carbocycles. The summed E-state index contributed by atoms with van der Waals surface area (Å²) in [6.45, 7) is 1.48. The van der Waals surface area contributed by atoms with Crippen molar-refractivity contribution in [2.75, 3.05) is 21.1 Å². The van der Waals surface area contributed by atoms with Crippen LogP contribution in [0, 0.1) is 0 Å². The van der Waals surface area contributed by atoms with Gasteiger partial charge in [-0.05, 0) is 0 Å². The van der Waals surface area contributed by atoms with E-state index in [1.807, 2.05) is 21.1 Å². The molecule has 7 nitrogen and oxygen atoms in total. The monoisotopic (exact) mass is 363 g/mol. The zero-order valence-corrected chi connectivity index (χ0v) is 14.5. The number of nitrogens with two attached hydrogens (primary N) is 1. The van der Waals surface area contributed by atoms with Gasteiger partial charge in [0.2, 0.25) is 0 Å². The number of aliphatic carboxylic acids is 1. The quantitative estimate of drug-likeness (QED) is 0.397. The first-order valence-corrected chi connectivity index (χ1v) is 8.64. The number of Topliss-reactive ketones (excluding diaryl/α,β-unsaturated/α-hetero) is 1. The minimum atomic E-state index is -0.831. The SMILES string of the molecule is CC(=O)C(N)C[Se]c1ncc(CC(C(=O)O)[N+](C)(C)C)[nH]1. The number of carboxylic acids is 1. The van der Waals surface area contributed by atoms with Crippen molar-refractivity contribution in [3.05, 3.63) is 11.9 Å². The van der Waals surface area contributed by atoms with Crippen LogP contribution in [0.2, 0.25) is 5.32 Å². The second-order valence-corrected chi connectivity index (χ2v) is 8.03. The number of rotatable bonds is 8. The van der Waals surface area contributed by atoms with E-state index in [2.05, 4.69) is 9.97 Å². The molecular weight excluding hydrogens is 339 g/mol. The van der Waals surface area contributed by atoms with E-state index in [4.69, 9.17) is 5.73 Å². The number of nitrogens with zero attached hydrogens (tertiary/aromatic N) is 2. The van der Waals surface area contributed by atoms with Crippen molar-refractivity contribution in [2.45, 2.75) is 30.7 Å². The minimum absolute atomic E-state index is 0.0152. The van der Waals surface area contributed by atoms with Gasteiger partial charge in [0.05, 0.1) is 0 Å². The standard InChI is InChI=1S/C13H22N4O3Se/c1-8(18)10(14)7-21-13-15-6-9(16-13)5-11(12(19)20)17(2,3)4/h6,10-11H,5,7,14H2,1-4H3,(H-,15,16,19,20)/p+1. The Bertz CT molecular complexity index is 510. The normalized spacial score (nSPS) is 14.7. The van der Waals surface area contributed by atoms with E-state index in [1.165, 1.54) is 6.92 Å². The number of carbonyl (C=O) groups is 2. The Kier molecular flexibility index (Phi) is 6.09. The summed E-state index contributed by atoms with van der Waals surface area (Å²) in [5.41, 5.74) is 6.49.